The van der Waals surface area contributed by atoms with E-state index in [4.69, 9.17) is 4.74 Å². The van der Waals surface area contributed by atoms with Gasteiger partial charge in [0.15, 0.2) is 0 Å². The molecule has 6 heteroatoms. The van der Waals surface area contributed by atoms with Gasteiger partial charge in [0, 0.05) is 38.3 Å². The maximum atomic E-state index is 12.4. The van der Waals surface area contributed by atoms with Gasteiger partial charge in [0.05, 0.1) is 6.10 Å². The predicted octanol–water partition coefficient (Wildman–Crippen LogP) is 2.31. The highest BCUT2D eigenvalue weighted by atomic mass is 16.5. The number of fused-ring (bicyclic) bond motifs is 1. The van der Waals surface area contributed by atoms with E-state index < -0.39 is 6.10 Å². The van der Waals surface area contributed by atoms with Crippen LogP contribution in [0.5, 0.6) is 5.75 Å². The smallest absolute Gasteiger partial charge is 0.251 e. The molecule has 6 nitrogen and oxygen atoms in total. The Kier molecular flexibility index (Phi) is 7.57. The molecule has 1 fully saturated rings. The van der Waals surface area contributed by atoms with Crippen molar-refractivity contribution in [1.29, 1.82) is 0 Å². The van der Waals surface area contributed by atoms with Crippen LogP contribution >= 0.6 is 0 Å². The summed E-state index contributed by atoms with van der Waals surface area (Å²) in [4.78, 5) is 17.1. The molecule has 0 radical (unpaired) electrons. The minimum absolute atomic E-state index is 0.174. The van der Waals surface area contributed by atoms with Crippen molar-refractivity contribution in [2.45, 2.75) is 31.9 Å². The maximum Gasteiger partial charge on any atom is 0.251 e. The molecule has 2 aliphatic rings. The number of likely N-dealkylation sites (tertiary alicyclic amines) is 1. The van der Waals surface area contributed by atoms with E-state index in [1.54, 1.807) is 12.1 Å². The average Bonchev–Trinajstić information content (AvgIpc) is 3.31. The number of hydrogen-bond donors (Lipinski definition) is 2. The molecule has 0 bridgehead atoms. The number of ether oxygens (including phenoxy) is 1. The lowest BCUT2D eigenvalue weighted by Gasteiger charge is -2.30. The van der Waals surface area contributed by atoms with Crippen molar-refractivity contribution >= 4 is 5.91 Å². The fourth-order valence-corrected chi connectivity index (χ4v) is 4.39. The molecule has 2 aromatic carbocycles. The molecule has 0 aliphatic carbocycles. The van der Waals surface area contributed by atoms with Crippen LogP contribution in [0, 0.1) is 0 Å². The molecular weight excluding hydrogens is 390 g/mol. The highest BCUT2D eigenvalue weighted by Gasteiger charge is 2.19. The van der Waals surface area contributed by atoms with Crippen LogP contribution < -0.4 is 10.1 Å². The first-order valence-electron chi connectivity index (χ1n) is 11.4. The van der Waals surface area contributed by atoms with Gasteiger partial charge in [-0.15, -0.1) is 0 Å². The zero-order valence-electron chi connectivity index (χ0n) is 18.1. The quantitative estimate of drug-likeness (QED) is 0.648. The fourth-order valence-electron chi connectivity index (χ4n) is 4.39. The van der Waals surface area contributed by atoms with Crippen LogP contribution in [0.1, 0.15) is 34.3 Å². The minimum atomic E-state index is -0.595. The molecule has 31 heavy (non-hydrogen) atoms. The van der Waals surface area contributed by atoms with Crippen molar-refractivity contribution in [3.63, 3.8) is 0 Å². The van der Waals surface area contributed by atoms with Crippen molar-refractivity contribution in [1.82, 2.24) is 15.1 Å². The van der Waals surface area contributed by atoms with Crippen molar-refractivity contribution < 1.29 is 14.6 Å². The second kappa shape index (κ2) is 10.8. The van der Waals surface area contributed by atoms with Gasteiger partial charge in [-0.2, -0.15) is 0 Å². The van der Waals surface area contributed by atoms with Crippen LogP contribution in [0.25, 0.3) is 0 Å². The molecule has 0 aromatic heterocycles. The number of carbonyl (C=O) groups is 1. The Labute approximate surface area is 184 Å². The van der Waals surface area contributed by atoms with Gasteiger partial charge in [-0.25, -0.2) is 0 Å². The average molecular weight is 424 g/mol. The van der Waals surface area contributed by atoms with Crippen LogP contribution in [-0.2, 0) is 13.0 Å². The number of aliphatic hydroxyl groups excluding tert-OH is 1. The third-order valence-electron chi connectivity index (χ3n) is 6.17. The van der Waals surface area contributed by atoms with E-state index in [0.717, 1.165) is 31.8 Å². The minimum Gasteiger partial charge on any atom is -0.492 e. The second-order valence-corrected chi connectivity index (χ2v) is 8.54. The highest BCUT2D eigenvalue weighted by Crippen LogP contribution is 2.18. The molecule has 2 aliphatic heterocycles. The van der Waals surface area contributed by atoms with Gasteiger partial charge in [-0.05, 0) is 67.7 Å². The maximum absolute atomic E-state index is 12.4. The summed E-state index contributed by atoms with van der Waals surface area (Å²) in [5, 5.41) is 13.2. The van der Waals surface area contributed by atoms with Crippen molar-refractivity contribution in [3.05, 3.63) is 65.2 Å². The zero-order valence-corrected chi connectivity index (χ0v) is 18.1. The summed E-state index contributed by atoms with van der Waals surface area (Å²) in [6.07, 6.45) is 2.97. The second-order valence-electron chi connectivity index (χ2n) is 8.54. The van der Waals surface area contributed by atoms with Crippen LogP contribution in [-0.4, -0.2) is 72.8 Å². The monoisotopic (exact) mass is 423 g/mol. The number of hydrogen-bond acceptors (Lipinski definition) is 5. The molecule has 1 amide bonds. The van der Waals surface area contributed by atoms with E-state index in [1.165, 1.54) is 37.1 Å². The number of nitrogens with zero attached hydrogens (tertiary/aromatic N) is 2. The topological polar surface area (TPSA) is 65.0 Å². The lowest BCUT2D eigenvalue weighted by molar-refractivity contribution is 0.0842. The Balaban J connectivity index is 1.17. The number of carbonyl (C=O) groups excluding carboxylic acids is 1. The highest BCUT2D eigenvalue weighted by molar-refractivity contribution is 5.94. The summed E-state index contributed by atoms with van der Waals surface area (Å²) in [6.45, 7) is 6.52. The molecule has 4 rings (SSSR count). The predicted molar refractivity (Wildman–Crippen MR) is 121 cm³/mol. The zero-order chi connectivity index (χ0) is 21.5. The van der Waals surface area contributed by atoms with E-state index in [0.29, 0.717) is 18.7 Å². The first-order chi connectivity index (χ1) is 15.2. The first-order valence-corrected chi connectivity index (χ1v) is 11.4. The number of rotatable bonds is 9. The van der Waals surface area contributed by atoms with Gasteiger partial charge in [-0.1, -0.05) is 24.3 Å². The number of benzene rings is 2. The fraction of sp³-hybridized carbons (Fsp3) is 0.480. The van der Waals surface area contributed by atoms with E-state index >= 15 is 0 Å². The molecule has 2 heterocycles. The number of nitrogens with one attached hydrogen (secondary N) is 1. The number of aliphatic hydroxyl groups is 1. The van der Waals surface area contributed by atoms with Gasteiger partial charge in [0.1, 0.15) is 12.4 Å². The van der Waals surface area contributed by atoms with E-state index in [2.05, 4.69) is 39.4 Å². The van der Waals surface area contributed by atoms with Gasteiger partial charge in [0.25, 0.3) is 5.91 Å². The van der Waals surface area contributed by atoms with Gasteiger partial charge in [-0.3, -0.25) is 14.6 Å². The van der Waals surface area contributed by atoms with Crippen LogP contribution in [0.15, 0.2) is 48.5 Å². The first kappa shape index (κ1) is 21.8. The third-order valence-corrected chi connectivity index (χ3v) is 6.17. The standard InChI is InChI=1S/C25H33N3O3/c29-23(19-28-14-11-20-5-1-2-6-22(20)18-28)17-26-25(30)21-7-9-24(10-8-21)31-16-15-27-12-3-4-13-27/h1-2,5-10,23,29H,3-4,11-19H2,(H,26,30)/t23-/m0/s1. The number of β-amino-alcohol motifs (C(OH)–C–C–N with tert-alkyl or cyclic N) is 1. The van der Waals surface area contributed by atoms with E-state index in [-0.39, 0.29) is 12.5 Å². The van der Waals surface area contributed by atoms with E-state index in [1.807, 2.05) is 12.1 Å². The molecule has 2 N–H and O–H groups in total. The SMILES string of the molecule is O=C(NC[C@H](O)CN1CCc2ccccc2C1)c1ccc(OCCN2CCCC2)cc1. The summed E-state index contributed by atoms with van der Waals surface area (Å²) >= 11 is 0. The molecule has 0 saturated carbocycles. The molecule has 2 aromatic rings. The van der Waals surface area contributed by atoms with Gasteiger partial charge < -0.3 is 15.2 Å². The summed E-state index contributed by atoms with van der Waals surface area (Å²) < 4.78 is 5.79. The molecular formula is C25H33N3O3. The summed E-state index contributed by atoms with van der Waals surface area (Å²) in [7, 11) is 0. The molecule has 166 valence electrons. The van der Waals surface area contributed by atoms with Crippen molar-refractivity contribution in [2.24, 2.45) is 0 Å². The van der Waals surface area contributed by atoms with Crippen molar-refractivity contribution in [2.75, 3.05) is 45.9 Å². The Bertz CT molecular complexity index is 849. The molecule has 1 atom stereocenters. The van der Waals surface area contributed by atoms with Crippen LogP contribution in [0.4, 0.5) is 0 Å². The molecule has 1 saturated heterocycles. The Morgan fingerprint density at radius 1 is 1.00 bits per heavy atom. The summed E-state index contributed by atoms with van der Waals surface area (Å²) in [5.74, 6) is 0.604. The Morgan fingerprint density at radius 2 is 1.74 bits per heavy atom. The normalized spacial score (nSPS) is 17.8. The lowest BCUT2D eigenvalue weighted by Crippen LogP contribution is -2.42. The number of amides is 1. The lowest BCUT2D eigenvalue weighted by atomic mass is 10.00. The van der Waals surface area contributed by atoms with Crippen LogP contribution in [0.2, 0.25) is 0 Å². The van der Waals surface area contributed by atoms with Crippen molar-refractivity contribution in [3.8, 4) is 5.75 Å². The largest absolute Gasteiger partial charge is 0.492 e. The summed E-state index contributed by atoms with van der Waals surface area (Å²) in [5.41, 5.74) is 3.30. The summed E-state index contributed by atoms with van der Waals surface area (Å²) in [6, 6.07) is 15.7. The Hall–Kier alpha value is -2.41. The molecule has 0 unspecified atom stereocenters. The van der Waals surface area contributed by atoms with Gasteiger partial charge in [0.2, 0.25) is 0 Å². The molecule has 0 spiro atoms. The third kappa shape index (κ3) is 6.29. The Morgan fingerprint density at radius 3 is 2.52 bits per heavy atom. The van der Waals surface area contributed by atoms with Crippen LogP contribution in [0.3, 0.4) is 0 Å². The van der Waals surface area contributed by atoms with E-state index in [9.17, 15) is 9.90 Å². The van der Waals surface area contributed by atoms with Gasteiger partial charge >= 0.3 is 0 Å².